The number of nitrogens with zero attached hydrogens (tertiary/aromatic N) is 3. The van der Waals surface area contributed by atoms with Crippen molar-refractivity contribution in [2.75, 3.05) is 5.43 Å². The molecule has 12 heteroatoms. The van der Waals surface area contributed by atoms with Crippen molar-refractivity contribution in [2.24, 2.45) is 45.5 Å². The van der Waals surface area contributed by atoms with Crippen molar-refractivity contribution in [3.8, 4) is 0 Å². The number of aliphatic carboxylic acids is 1. The Hall–Kier alpha value is -3.12. The van der Waals surface area contributed by atoms with E-state index in [2.05, 4.69) is 31.3 Å². The summed E-state index contributed by atoms with van der Waals surface area (Å²) in [6.45, 7) is 6.65. The molecule has 0 spiro atoms. The van der Waals surface area contributed by atoms with Gasteiger partial charge in [0.25, 0.3) is 5.69 Å². The van der Waals surface area contributed by atoms with Crippen LogP contribution >= 0.6 is 0 Å². The highest BCUT2D eigenvalue weighted by molar-refractivity contribution is 5.67. The molecule has 4 N–H and O–H groups in total. The molecule has 12 nitrogen and oxygen atoms in total. The first-order valence-corrected chi connectivity index (χ1v) is 15.1. The van der Waals surface area contributed by atoms with E-state index in [4.69, 9.17) is 0 Å². The molecule has 3 aliphatic rings. The van der Waals surface area contributed by atoms with E-state index in [-0.39, 0.29) is 46.4 Å². The van der Waals surface area contributed by atoms with Crippen LogP contribution in [0, 0.1) is 60.6 Å². The van der Waals surface area contributed by atoms with Crippen molar-refractivity contribution in [1.29, 1.82) is 0 Å². The number of hydrogen-bond acceptors (Lipinski definition) is 9. The quantitative estimate of drug-likeness (QED) is 0.141. The summed E-state index contributed by atoms with van der Waals surface area (Å²) in [6, 6.07) is 3.38. The van der Waals surface area contributed by atoms with E-state index in [0.717, 1.165) is 38.2 Å². The molecule has 0 heterocycles. The Labute approximate surface area is 245 Å². The zero-order valence-electron chi connectivity index (χ0n) is 24.6. The molecule has 4 unspecified atom stereocenters. The van der Waals surface area contributed by atoms with Gasteiger partial charge in [-0.05, 0) is 104 Å². The molecule has 0 amide bonds. The van der Waals surface area contributed by atoms with Gasteiger partial charge in [-0.3, -0.25) is 30.4 Å². The fourth-order valence-electron chi connectivity index (χ4n) is 8.85. The van der Waals surface area contributed by atoms with Gasteiger partial charge < -0.3 is 15.3 Å². The van der Waals surface area contributed by atoms with Gasteiger partial charge in [-0.15, -0.1) is 0 Å². The maximum Gasteiger partial charge on any atom is 0.303 e. The van der Waals surface area contributed by atoms with Gasteiger partial charge >= 0.3 is 11.7 Å². The summed E-state index contributed by atoms with van der Waals surface area (Å²) in [7, 11) is 0. The van der Waals surface area contributed by atoms with Crippen LogP contribution < -0.4 is 5.43 Å². The van der Waals surface area contributed by atoms with Gasteiger partial charge in [0.05, 0.1) is 28.1 Å². The number of anilines is 1. The van der Waals surface area contributed by atoms with Gasteiger partial charge in [0.1, 0.15) is 5.69 Å². The number of nitro benzene ring substituents is 2. The number of carbonyl (C=O) groups is 1. The number of hydrogen-bond donors (Lipinski definition) is 4. The van der Waals surface area contributed by atoms with Crippen molar-refractivity contribution >= 4 is 29.2 Å². The standard InChI is InChI=1S/C30H44N4O8/c1-18(4-9-28(37)38)22-6-7-23-21(12-15-31-32-25-8-5-19(33(39)40)16-26(25)34(41)42)24(11-14-29(22,23)2)30(3)13-10-20(35)17-27(30)36/h5,8,15-16,18,20-24,27,32,35-36H,4,6-7,9-14,17H2,1-3H3,(H,37,38)/t18-,20+,21?,22-,23?,24?,27?,29-,30-/m1/s1. The summed E-state index contributed by atoms with van der Waals surface area (Å²) in [5.41, 5.74) is 1.61. The smallest absolute Gasteiger partial charge is 0.303 e. The van der Waals surface area contributed by atoms with E-state index in [1.165, 1.54) is 12.1 Å². The number of nitrogens with one attached hydrogen (secondary N) is 1. The number of aliphatic hydroxyl groups is 2. The van der Waals surface area contributed by atoms with Gasteiger partial charge in [-0.2, -0.15) is 5.10 Å². The molecule has 3 aliphatic carbocycles. The van der Waals surface area contributed by atoms with E-state index >= 15 is 0 Å². The molecule has 0 radical (unpaired) electrons. The topological polar surface area (TPSA) is 188 Å². The Balaban J connectivity index is 1.58. The molecule has 9 atom stereocenters. The van der Waals surface area contributed by atoms with Gasteiger partial charge in [-0.25, -0.2) is 0 Å². The number of hydrazone groups is 1. The highest BCUT2D eigenvalue weighted by Crippen LogP contribution is 2.65. The van der Waals surface area contributed by atoms with Crippen LogP contribution in [0.4, 0.5) is 17.1 Å². The molecule has 1 aromatic rings. The van der Waals surface area contributed by atoms with Crippen LogP contribution in [0.3, 0.4) is 0 Å². The SMILES string of the molecule is C[C@H](CCC(=O)O)[C@H]1CCC2C(CC=NNc3ccc([N+](=O)[O-])cc3[N+](=O)[O-])C([C@@]3(C)CC[C@H](O)CC3O)CC[C@@]21C. The first-order chi connectivity index (χ1) is 19.8. The summed E-state index contributed by atoms with van der Waals surface area (Å²) in [4.78, 5) is 32.5. The lowest BCUT2D eigenvalue weighted by molar-refractivity contribution is -0.393. The molecule has 3 saturated carbocycles. The summed E-state index contributed by atoms with van der Waals surface area (Å²) in [5, 5.41) is 57.6. The largest absolute Gasteiger partial charge is 0.481 e. The Morgan fingerprint density at radius 2 is 1.79 bits per heavy atom. The third kappa shape index (κ3) is 6.29. The lowest BCUT2D eigenvalue weighted by Gasteiger charge is -2.56. The first-order valence-electron chi connectivity index (χ1n) is 15.1. The minimum atomic E-state index is -0.776. The number of nitro groups is 2. The number of benzene rings is 1. The van der Waals surface area contributed by atoms with Crippen molar-refractivity contribution in [3.05, 3.63) is 38.4 Å². The lowest BCUT2D eigenvalue weighted by Crippen LogP contribution is -2.53. The number of carboxylic acids is 1. The van der Waals surface area contributed by atoms with Crippen molar-refractivity contribution in [2.45, 2.75) is 97.2 Å². The second-order valence-corrected chi connectivity index (χ2v) is 13.3. The highest BCUT2D eigenvalue weighted by atomic mass is 16.6. The van der Waals surface area contributed by atoms with E-state index in [1.807, 2.05) is 0 Å². The molecule has 3 fully saturated rings. The second kappa shape index (κ2) is 12.6. The summed E-state index contributed by atoms with van der Waals surface area (Å²) in [5.74, 6) is 0.594. The number of carboxylic acid groups (broad SMARTS) is 1. The summed E-state index contributed by atoms with van der Waals surface area (Å²) in [6.07, 6.45) is 7.65. The average Bonchev–Trinajstić information content (AvgIpc) is 3.29. The number of rotatable bonds is 11. The van der Waals surface area contributed by atoms with Crippen LogP contribution in [0.15, 0.2) is 23.3 Å². The van der Waals surface area contributed by atoms with Crippen molar-refractivity contribution < 1.29 is 30.0 Å². The van der Waals surface area contributed by atoms with E-state index in [1.54, 1.807) is 6.21 Å². The average molecular weight is 589 g/mol. The number of aliphatic hydroxyl groups excluding tert-OH is 2. The molecule has 4 rings (SSSR count). The predicted molar refractivity (Wildman–Crippen MR) is 157 cm³/mol. The fraction of sp³-hybridized carbons (Fsp3) is 0.733. The second-order valence-electron chi connectivity index (χ2n) is 13.3. The predicted octanol–water partition coefficient (Wildman–Crippen LogP) is 5.76. The molecular weight excluding hydrogens is 544 g/mol. The Morgan fingerprint density at radius 1 is 1.10 bits per heavy atom. The molecule has 0 aromatic heterocycles. The van der Waals surface area contributed by atoms with Crippen LogP contribution in [0.25, 0.3) is 0 Å². The van der Waals surface area contributed by atoms with Gasteiger partial charge in [0.2, 0.25) is 0 Å². The van der Waals surface area contributed by atoms with Crippen molar-refractivity contribution in [1.82, 2.24) is 0 Å². The van der Waals surface area contributed by atoms with Crippen LogP contribution in [0.5, 0.6) is 0 Å². The molecular formula is C30H44N4O8. The molecule has 0 bridgehead atoms. The van der Waals surface area contributed by atoms with Gasteiger partial charge in [-0.1, -0.05) is 20.8 Å². The molecule has 0 saturated heterocycles. The third-order valence-corrected chi connectivity index (χ3v) is 11.2. The molecule has 0 aliphatic heterocycles. The monoisotopic (exact) mass is 588 g/mol. The molecule has 232 valence electrons. The van der Waals surface area contributed by atoms with Crippen LogP contribution in [0.2, 0.25) is 0 Å². The molecule has 42 heavy (non-hydrogen) atoms. The zero-order chi connectivity index (χ0) is 30.8. The summed E-state index contributed by atoms with van der Waals surface area (Å²) < 4.78 is 0. The number of non-ortho nitro benzene ring substituents is 1. The Bertz CT molecular complexity index is 1210. The van der Waals surface area contributed by atoms with Gasteiger partial charge in [0, 0.05) is 18.7 Å². The van der Waals surface area contributed by atoms with E-state index in [0.29, 0.717) is 37.5 Å². The fourth-order valence-corrected chi connectivity index (χ4v) is 8.85. The minimum Gasteiger partial charge on any atom is -0.481 e. The highest BCUT2D eigenvalue weighted by Gasteiger charge is 2.58. The van der Waals surface area contributed by atoms with E-state index < -0.39 is 33.7 Å². The zero-order valence-corrected chi connectivity index (χ0v) is 24.6. The maximum atomic E-state index is 11.5. The van der Waals surface area contributed by atoms with Crippen LogP contribution in [-0.4, -0.2) is 49.6 Å². The Morgan fingerprint density at radius 3 is 2.43 bits per heavy atom. The van der Waals surface area contributed by atoms with Crippen LogP contribution in [-0.2, 0) is 4.79 Å². The molecule has 1 aromatic carbocycles. The van der Waals surface area contributed by atoms with Crippen LogP contribution in [0.1, 0.15) is 85.0 Å². The van der Waals surface area contributed by atoms with E-state index in [9.17, 15) is 40.3 Å². The normalized spacial score (nSPS) is 35.5. The Kier molecular flexibility index (Phi) is 9.56. The third-order valence-electron chi connectivity index (χ3n) is 11.2. The lowest BCUT2D eigenvalue weighted by atomic mass is 9.49. The summed E-state index contributed by atoms with van der Waals surface area (Å²) >= 11 is 0. The number of fused-ring (bicyclic) bond motifs is 1. The maximum absolute atomic E-state index is 11.5. The first kappa shape index (κ1) is 31.8. The van der Waals surface area contributed by atoms with Gasteiger partial charge in [0.15, 0.2) is 0 Å². The van der Waals surface area contributed by atoms with Crippen molar-refractivity contribution in [3.63, 3.8) is 0 Å². The minimum absolute atomic E-state index is 0.0208.